The predicted molar refractivity (Wildman–Crippen MR) is 125 cm³/mol. The monoisotopic (exact) mass is 429 g/mol. The van der Waals surface area contributed by atoms with E-state index in [1.54, 1.807) is 0 Å². The molecule has 0 saturated carbocycles. The van der Waals surface area contributed by atoms with Crippen LogP contribution >= 0.6 is 11.6 Å². The first-order chi connectivity index (χ1) is 14.6. The van der Waals surface area contributed by atoms with Gasteiger partial charge in [-0.1, -0.05) is 94.5 Å². The molecular weight excluding hydrogens is 398 g/mol. The number of benzene rings is 1. The van der Waals surface area contributed by atoms with Crippen LogP contribution in [0.3, 0.4) is 0 Å². The van der Waals surface area contributed by atoms with Gasteiger partial charge in [0.05, 0.1) is 10.5 Å². The minimum Gasteiger partial charge on any atom is -0.325 e. The van der Waals surface area contributed by atoms with Crippen molar-refractivity contribution >= 4 is 22.5 Å². The highest BCUT2D eigenvalue weighted by Gasteiger charge is 2.23. The van der Waals surface area contributed by atoms with Gasteiger partial charge in [-0.2, -0.15) is 4.98 Å². The molecule has 6 heteroatoms. The molecule has 0 saturated heterocycles. The molecule has 0 aromatic heterocycles. The van der Waals surface area contributed by atoms with Crippen LogP contribution in [0, 0.1) is 0 Å². The maximum absolute atomic E-state index is 12.7. The van der Waals surface area contributed by atoms with Crippen LogP contribution in [-0.4, -0.2) is 14.1 Å². The summed E-state index contributed by atoms with van der Waals surface area (Å²) in [5, 5.41) is 1.18. The highest BCUT2D eigenvalue weighted by Crippen LogP contribution is 2.33. The van der Waals surface area contributed by atoms with E-state index in [4.69, 9.17) is 11.6 Å². The van der Waals surface area contributed by atoms with Gasteiger partial charge in [-0.15, -0.1) is 0 Å². The van der Waals surface area contributed by atoms with Crippen LogP contribution in [0.15, 0.2) is 33.9 Å². The van der Waals surface area contributed by atoms with Crippen molar-refractivity contribution in [2.45, 2.75) is 77.7 Å². The molecule has 2 aliphatic rings. The second kappa shape index (κ2) is 10.8. The molecule has 30 heavy (non-hydrogen) atoms. The van der Waals surface area contributed by atoms with Crippen molar-refractivity contribution in [2.24, 2.45) is 7.05 Å². The van der Waals surface area contributed by atoms with Crippen LogP contribution < -0.4 is 11.2 Å². The van der Waals surface area contributed by atoms with Crippen molar-refractivity contribution in [2.75, 3.05) is 0 Å². The van der Waals surface area contributed by atoms with Gasteiger partial charge in [0, 0.05) is 19.0 Å². The Hall–Kier alpha value is -2.14. The molecule has 0 N–H and O–H groups in total. The summed E-state index contributed by atoms with van der Waals surface area (Å²) in [6, 6.07) is 7.74. The molecule has 2 aliphatic heterocycles. The van der Waals surface area contributed by atoms with Crippen molar-refractivity contribution in [1.29, 1.82) is 0 Å². The number of unbranched alkanes of at least 4 members (excludes halogenated alkanes) is 9. The summed E-state index contributed by atoms with van der Waals surface area (Å²) in [6.07, 6.45) is 12.6. The normalized spacial score (nSPS) is 11.6. The third-order valence-corrected chi connectivity index (χ3v) is 6.26. The van der Waals surface area contributed by atoms with Crippen molar-refractivity contribution in [3.8, 4) is 11.4 Å². The Morgan fingerprint density at radius 1 is 0.900 bits per heavy atom. The lowest BCUT2D eigenvalue weighted by Gasteiger charge is -2.19. The van der Waals surface area contributed by atoms with E-state index in [1.807, 2.05) is 28.8 Å². The average molecular weight is 430 g/mol. The molecule has 0 fully saturated rings. The predicted octanol–water partition coefficient (Wildman–Crippen LogP) is 5.77. The summed E-state index contributed by atoms with van der Waals surface area (Å²) in [5.74, 6) is 0.391. The van der Waals surface area contributed by atoms with Gasteiger partial charge in [-0.25, -0.2) is 4.79 Å². The van der Waals surface area contributed by atoms with Crippen molar-refractivity contribution < 1.29 is 0 Å². The maximum atomic E-state index is 12.7. The zero-order valence-electron chi connectivity index (χ0n) is 18.1. The van der Waals surface area contributed by atoms with E-state index >= 15 is 0 Å². The molecule has 0 atom stereocenters. The molecule has 0 radical (unpaired) electrons. The fraction of sp³-hybridized carbons (Fsp3) is 0.542. The lowest BCUT2D eigenvalue weighted by Crippen LogP contribution is -2.36. The van der Waals surface area contributed by atoms with Crippen molar-refractivity contribution in [1.82, 2.24) is 14.1 Å². The van der Waals surface area contributed by atoms with Gasteiger partial charge in [0.15, 0.2) is 5.82 Å². The van der Waals surface area contributed by atoms with Gasteiger partial charge < -0.3 is 4.57 Å². The van der Waals surface area contributed by atoms with Gasteiger partial charge in [0.2, 0.25) is 0 Å². The van der Waals surface area contributed by atoms with Crippen molar-refractivity contribution in [3.63, 3.8) is 0 Å². The summed E-state index contributed by atoms with van der Waals surface area (Å²) >= 11 is 6.57. The van der Waals surface area contributed by atoms with Crippen LogP contribution in [0.5, 0.6) is 0 Å². The van der Waals surface area contributed by atoms with E-state index in [0.29, 0.717) is 23.0 Å². The SMILES string of the molecule is CCCCCCCCCCCCn1c2nc(=O)n(C)c(=O)c-2c(Cl)c2ccccc21. The minimum absolute atomic E-state index is 0.324. The summed E-state index contributed by atoms with van der Waals surface area (Å²) in [5.41, 5.74) is 0.295. The molecule has 0 bridgehead atoms. The summed E-state index contributed by atoms with van der Waals surface area (Å²) < 4.78 is 3.01. The van der Waals surface area contributed by atoms with Crippen LogP contribution in [0.2, 0.25) is 5.02 Å². The molecule has 162 valence electrons. The maximum Gasteiger partial charge on any atom is 0.352 e. The number of hydrogen-bond donors (Lipinski definition) is 0. The van der Waals surface area contributed by atoms with E-state index in [1.165, 1.54) is 58.4 Å². The standard InChI is InChI=1S/C24H32ClN3O2/c1-3-4-5-6-7-8-9-10-11-14-17-28-19-16-13-12-15-18(19)21(25)20-22(28)26-24(30)27(2)23(20)29/h12-13,15-16H,3-11,14,17H2,1-2H3. The molecule has 2 heterocycles. The highest BCUT2D eigenvalue weighted by atomic mass is 35.5. The van der Waals surface area contributed by atoms with Crippen LogP contribution in [-0.2, 0) is 13.6 Å². The van der Waals surface area contributed by atoms with E-state index < -0.39 is 11.2 Å². The third kappa shape index (κ3) is 4.94. The lowest BCUT2D eigenvalue weighted by atomic mass is 10.1. The van der Waals surface area contributed by atoms with E-state index in [0.717, 1.165) is 28.3 Å². The molecule has 0 unspecified atom stereocenters. The van der Waals surface area contributed by atoms with Gasteiger partial charge in [-0.3, -0.25) is 9.36 Å². The summed E-state index contributed by atoms with van der Waals surface area (Å²) in [4.78, 5) is 29.1. The molecule has 0 amide bonds. The Balaban J connectivity index is 1.73. The molecule has 3 rings (SSSR count). The number of aryl methyl sites for hydroxylation is 1. The van der Waals surface area contributed by atoms with Crippen LogP contribution in [0.4, 0.5) is 0 Å². The Labute approximate surface area is 183 Å². The molecule has 1 aromatic carbocycles. The van der Waals surface area contributed by atoms with Crippen LogP contribution in [0.1, 0.15) is 71.1 Å². The van der Waals surface area contributed by atoms with Gasteiger partial charge >= 0.3 is 5.69 Å². The summed E-state index contributed by atoms with van der Waals surface area (Å²) in [6.45, 7) is 2.96. The first kappa shape index (κ1) is 22.5. The Morgan fingerprint density at radius 3 is 2.17 bits per heavy atom. The second-order valence-electron chi connectivity index (χ2n) is 8.12. The van der Waals surface area contributed by atoms with Crippen molar-refractivity contribution in [3.05, 3.63) is 50.1 Å². The first-order valence-electron chi connectivity index (χ1n) is 11.2. The molecule has 0 aliphatic carbocycles. The number of pyridine rings is 1. The number of rotatable bonds is 11. The molecular formula is C24H32ClN3O2. The van der Waals surface area contributed by atoms with E-state index in [9.17, 15) is 9.59 Å². The minimum atomic E-state index is -0.546. The van der Waals surface area contributed by atoms with E-state index in [-0.39, 0.29) is 0 Å². The fourth-order valence-electron chi connectivity index (χ4n) is 4.09. The van der Waals surface area contributed by atoms with Crippen LogP contribution in [0.25, 0.3) is 22.3 Å². The second-order valence-corrected chi connectivity index (χ2v) is 8.50. The Morgan fingerprint density at radius 2 is 1.50 bits per heavy atom. The topological polar surface area (TPSA) is 56.9 Å². The van der Waals surface area contributed by atoms with Gasteiger partial charge in [0.1, 0.15) is 5.56 Å². The number of para-hydroxylation sites is 1. The largest absolute Gasteiger partial charge is 0.352 e. The first-order valence-corrected chi connectivity index (χ1v) is 11.6. The Kier molecular flexibility index (Phi) is 8.08. The number of hydrogen-bond acceptors (Lipinski definition) is 3. The fourth-order valence-corrected chi connectivity index (χ4v) is 4.41. The zero-order valence-corrected chi connectivity index (χ0v) is 18.9. The average Bonchev–Trinajstić information content (AvgIpc) is 2.75. The van der Waals surface area contributed by atoms with Gasteiger partial charge in [-0.05, 0) is 12.5 Å². The van der Waals surface area contributed by atoms with Gasteiger partial charge in [0.25, 0.3) is 5.56 Å². The number of fused-ring (bicyclic) bond motifs is 2. The summed E-state index contributed by atoms with van der Waals surface area (Å²) in [7, 11) is 1.44. The molecule has 1 aromatic rings. The molecule has 0 spiro atoms. The number of aromatic nitrogens is 3. The lowest BCUT2D eigenvalue weighted by molar-refractivity contribution is 0.537. The number of nitrogens with zero attached hydrogens (tertiary/aromatic N) is 3. The van der Waals surface area contributed by atoms with E-state index in [2.05, 4.69) is 11.9 Å². The highest BCUT2D eigenvalue weighted by molar-refractivity contribution is 6.38. The smallest absolute Gasteiger partial charge is 0.325 e. The number of halogens is 1. The Bertz CT molecular complexity index is 1070. The molecule has 5 nitrogen and oxygen atoms in total. The zero-order chi connectivity index (χ0) is 21.5. The quantitative estimate of drug-likeness (QED) is 0.287. The third-order valence-electron chi connectivity index (χ3n) is 5.87.